The Morgan fingerprint density at radius 2 is 1.66 bits per heavy atom. The number of para-hydroxylation sites is 1. The maximum absolute atomic E-state index is 13.0. The molecule has 166 valence electrons. The zero-order valence-corrected chi connectivity index (χ0v) is 18.8. The van der Waals surface area contributed by atoms with Gasteiger partial charge in [-0.1, -0.05) is 18.2 Å². The minimum atomic E-state index is -3.88. The van der Waals surface area contributed by atoms with Gasteiger partial charge in [0.15, 0.2) is 0 Å². The van der Waals surface area contributed by atoms with Crippen LogP contribution in [-0.2, 0) is 14.8 Å². The highest BCUT2D eigenvalue weighted by molar-refractivity contribution is 7.92. The summed E-state index contributed by atoms with van der Waals surface area (Å²) in [5, 5.41) is 0. The van der Waals surface area contributed by atoms with Crippen LogP contribution in [0.2, 0.25) is 0 Å². The quantitative estimate of drug-likeness (QED) is 0.601. The van der Waals surface area contributed by atoms with Crippen molar-refractivity contribution in [2.75, 3.05) is 16.2 Å². The van der Waals surface area contributed by atoms with Crippen LogP contribution in [0, 0.1) is 0 Å². The molecule has 1 N–H and O–H groups in total. The van der Waals surface area contributed by atoms with Gasteiger partial charge >= 0.3 is 0 Å². The fourth-order valence-corrected chi connectivity index (χ4v) is 4.55. The number of sulfonamides is 1. The molecule has 0 bridgehead atoms. The third kappa shape index (κ3) is 4.70. The molecule has 4 rings (SSSR count). The lowest BCUT2D eigenvalue weighted by atomic mass is 10.1. The summed E-state index contributed by atoms with van der Waals surface area (Å²) in [4.78, 5) is 13.7. The van der Waals surface area contributed by atoms with Crippen molar-refractivity contribution in [1.29, 1.82) is 0 Å². The van der Waals surface area contributed by atoms with Gasteiger partial charge in [0.1, 0.15) is 22.8 Å². The molecule has 3 aromatic carbocycles. The van der Waals surface area contributed by atoms with Crippen LogP contribution < -0.4 is 19.1 Å². The Kier molecular flexibility index (Phi) is 5.56. The van der Waals surface area contributed by atoms with Crippen molar-refractivity contribution in [1.82, 2.24) is 0 Å². The largest absolute Gasteiger partial charge is 0.484 e. The molecular formula is C24H24N2O5S. The average molecular weight is 453 g/mol. The highest BCUT2D eigenvalue weighted by atomic mass is 32.2. The third-order valence-electron chi connectivity index (χ3n) is 4.92. The lowest BCUT2D eigenvalue weighted by Gasteiger charge is -2.39. The van der Waals surface area contributed by atoms with Crippen molar-refractivity contribution >= 4 is 27.3 Å². The van der Waals surface area contributed by atoms with Crippen molar-refractivity contribution in [3.8, 4) is 17.2 Å². The molecule has 32 heavy (non-hydrogen) atoms. The zero-order valence-electron chi connectivity index (χ0n) is 18.0. The molecule has 0 saturated carbocycles. The Labute approximate surface area is 187 Å². The summed E-state index contributed by atoms with van der Waals surface area (Å²) in [7, 11) is -3.88. The van der Waals surface area contributed by atoms with E-state index in [1.54, 1.807) is 30.3 Å². The molecule has 0 fully saturated rings. The summed E-state index contributed by atoms with van der Waals surface area (Å²) < 4.78 is 40.2. The molecule has 0 saturated heterocycles. The van der Waals surface area contributed by atoms with E-state index in [-0.39, 0.29) is 10.8 Å². The van der Waals surface area contributed by atoms with E-state index in [9.17, 15) is 13.2 Å². The van der Waals surface area contributed by atoms with Gasteiger partial charge in [-0.25, -0.2) is 8.42 Å². The van der Waals surface area contributed by atoms with Gasteiger partial charge < -0.3 is 14.4 Å². The first-order chi connectivity index (χ1) is 15.1. The Bertz CT molecular complexity index is 1240. The Hall–Kier alpha value is -3.52. The predicted octanol–water partition coefficient (Wildman–Crippen LogP) is 4.80. The van der Waals surface area contributed by atoms with E-state index < -0.39 is 15.6 Å². The number of rotatable bonds is 5. The summed E-state index contributed by atoms with van der Waals surface area (Å²) in [6, 6.07) is 20.4. The van der Waals surface area contributed by atoms with Crippen LogP contribution in [-0.4, -0.2) is 26.5 Å². The van der Waals surface area contributed by atoms with Gasteiger partial charge in [-0.2, -0.15) is 0 Å². The number of nitrogens with zero attached hydrogens (tertiary/aromatic N) is 1. The monoisotopic (exact) mass is 452 g/mol. The number of ether oxygens (including phenoxy) is 2. The molecule has 0 aliphatic carbocycles. The molecule has 0 spiro atoms. The van der Waals surface area contributed by atoms with E-state index in [2.05, 4.69) is 4.72 Å². The second-order valence-electron chi connectivity index (χ2n) is 8.14. The molecule has 0 aromatic heterocycles. The molecule has 1 heterocycles. The maximum atomic E-state index is 13.0. The zero-order chi connectivity index (χ0) is 22.9. The van der Waals surface area contributed by atoms with Crippen molar-refractivity contribution in [2.24, 2.45) is 0 Å². The van der Waals surface area contributed by atoms with Crippen LogP contribution in [0.25, 0.3) is 0 Å². The molecule has 0 radical (unpaired) electrons. The van der Waals surface area contributed by atoms with Crippen molar-refractivity contribution in [3.05, 3.63) is 72.8 Å². The number of benzene rings is 3. The molecule has 1 amide bonds. The van der Waals surface area contributed by atoms with Gasteiger partial charge in [-0.3, -0.25) is 9.52 Å². The van der Waals surface area contributed by atoms with E-state index in [1.807, 2.05) is 44.2 Å². The van der Waals surface area contributed by atoms with E-state index >= 15 is 0 Å². The van der Waals surface area contributed by atoms with Crippen LogP contribution in [0.15, 0.2) is 77.7 Å². The summed E-state index contributed by atoms with van der Waals surface area (Å²) in [5.41, 5.74) is 0.260. The number of hydrogen-bond donors (Lipinski definition) is 1. The third-order valence-corrected chi connectivity index (χ3v) is 6.30. The van der Waals surface area contributed by atoms with Gasteiger partial charge in [0.25, 0.3) is 10.0 Å². The van der Waals surface area contributed by atoms with Gasteiger partial charge in [0, 0.05) is 12.6 Å². The maximum Gasteiger partial charge on any atom is 0.261 e. The van der Waals surface area contributed by atoms with Crippen molar-refractivity contribution < 1.29 is 22.7 Å². The topological polar surface area (TPSA) is 84.9 Å². The number of carbonyl (C=O) groups excluding carboxylic acids is 1. The first-order valence-corrected chi connectivity index (χ1v) is 11.6. The second-order valence-corrected chi connectivity index (χ2v) is 9.82. The summed E-state index contributed by atoms with van der Waals surface area (Å²) in [5.74, 6) is 1.57. The molecule has 8 heteroatoms. The number of hydrogen-bond acceptors (Lipinski definition) is 5. The van der Waals surface area contributed by atoms with Crippen LogP contribution in [0.4, 0.5) is 11.4 Å². The molecule has 0 unspecified atom stereocenters. The Morgan fingerprint density at radius 1 is 1.00 bits per heavy atom. The number of fused-ring (bicyclic) bond motifs is 1. The summed E-state index contributed by atoms with van der Waals surface area (Å²) in [6.07, 6.45) is 0. The second kappa shape index (κ2) is 8.20. The fourth-order valence-electron chi connectivity index (χ4n) is 3.47. The number of carbonyl (C=O) groups is 1. The average Bonchev–Trinajstić information content (AvgIpc) is 2.74. The first kappa shape index (κ1) is 21.7. The molecule has 0 atom stereocenters. The highest BCUT2D eigenvalue weighted by Crippen LogP contribution is 2.39. The summed E-state index contributed by atoms with van der Waals surface area (Å²) >= 11 is 0. The molecular weight excluding hydrogens is 428 g/mol. The number of anilines is 2. The molecule has 1 aliphatic heterocycles. The minimum absolute atomic E-state index is 0.0374. The smallest absolute Gasteiger partial charge is 0.261 e. The number of nitrogens with one attached hydrogen (secondary N) is 1. The van der Waals surface area contributed by atoms with Crippen LogP contribution in [0.5, 0.6) is 17.2 Å². The predicted molar refractivity (Wildman–Crippen MR) is 123 cm³/mol. The first-order valence-electron chi connectivity index (χ1n) is 10.1. The van der Waals surface area contributed by atoms with E-state index in [0.29, 0.717) is 35.2 Å². The van der Waals surface area contributed by atoms with E-state index in [1.165, 1.54) is 24.0 Å². The van der Waals surface area contributed by atoms with Crippen molar-refractivity contribution in [2.45, 2.75) is 31.3 Å². The standard InChI is InChI=1S/C24H24N2O5S/c1-17(27)26-16-24(2,3)31-23-14-13-21(15-22(23)26)32(28,29)25-18-9-11-20(12-10-18)30-19-7-5-4-6-8-19/h4-15,25H,16H2,1-3H3. The van der Waals surface area contributed by atoms with E-state index in [4.69, 9.17) is 9.47 Å². The SMILES string of the molecule is CC(=O)N1CC(C)(C)Oc2ccc(S(=O)(=O)Nc3ccc(Oc4ccccc4)cc3)cc21. The summed E-state index contributed by atoms with van der Waals surface area (Å²) in [6.45, 7) is 5.53. The van der Waals surface area contributed by atoms with Crippen LogP contribution in [0.1, 0.15) is 20.8 Å². The Balaban J connectivity index is 1.55. The van der Waals surface area contributed by atoms with Crippen LogP contribution in [0.3, 0.4) is 0 Å². The number of amides is 1. The molecule has 3 aromatic rings. The Morgan fingerprint density at radius 3 is 2.31 bits per heavy atom. The van der Waals surface area contributed by atoms with Gasteiger partial charge in [0.05, 0.1) is 17.1 Å². The lowest BCUT2D eigenvalue weighted by Crippen LogP contribution is -2.48. The minimum Gasteiger partial charge on any atom is -0.484 e. The van der Waals surface area contributed by atoms with Crippen molar-refractivity contribution in [3.63, 3.8) is 0 Å². The van der Waals surface area contributed by atoms with E-state index in [0.717, 1.165) is 0 Å². The fraction of sp³-hybridized carbons (Fsp3) is 0.208. The van der Waals surface area contributed by atoms with Gasteiger partial charge in [-0.05, 0) is 68.4 Å². The molecule has 1 aliphatic rings. The van der Waals surface area contributed by atoms with Crippen LogP contribution >= 0.6 is 0 Å². The van der Waals surface area contributed by atoms with Gasteiger partial charge in [-0.15, -0.1) is 0 Å². The normalized spacial score (nSPS) is 14.8. The highest BCUT2D eigenvalue weighted by Gasteiger charge is 2.34. The molecule has 7 nitrogen and oxygen atoms in total. The van der Waals surface area contributed by atoms with Gasteiger partial charge in [0.2, 0.25) is 5.91 Å². The lowest BCUT2D eigenvalue weighted by molar-refractivity contribution is -0.117.